The van der Waals surface area contributed by atoms with Crippen molar-refractivity contribution in [2.75, 3.05) is 13.2 Å². The van der Waals surface area contributed by atoms with E-state index < -0.39 is 12.0 Å². The summed E-state index contributed by atoms with van der Waals surface area (Å²) in [5.41, 5.74) is 1.15. The maximum atomic E-state index is 13.7. The lowest BCUT2D eigenvalue weighted by Gasteiger charge is -2.30. The first-order chi connectivity index (χ1) is 29.2. The summed E-state index contributed by atoms with van der Waals surface area (Å²) in [6, 6.07) is 6.54. The molecule has 3 fully saturated rings. The first-order valence-corrected chi connectivity index (χ1v) is 22.3. The van der Waals surface area contributed by atoms with Gasteiger partial charge >= 0.3 is 23.9 Å². The van der Waals surface area contributed by atoms with Crippen LogP contribution in [0.15, 0.2) is 96.2 Å². The van der Waals surface area contributed by atoms with Crippen LogP contribution in [0.5, 0.6) is 11.5 Å². The number of hydrogen-bond acceptors (Lipinski definition) is 13. The van der Waals surface area contributed by atoms with Crippen molar-refractivity contribution in [2.24, 2.45) is 29.6 Å². The van der Waals surface area contributed by atoms with Gasteiger partial charge in [0.15, 0.2) is 0 Å². The Balaban J connectivity index is 0.889. The third kappa shape index (κ3) is 11.1. The van der Waals surface area contributed by atoms with Crippen molar-refractivity contribution >= 4 is 41.9 Å². The molecule has 60 heavy (non-hydrogen) atoms. The molecule has 2 heterocycles. The summed E-state index contributed by atoms with van der Waals surface area (Å²) in [5, 5.41) is 3.01. The monoisotopic (exact) mass is 841 g/mol. The molecule has 1 aromatic carbocycles. The van der Waals surface area contributed by atoms with E-state index in [0.29, 0.717) is 87.6 Å². The number of aldehydes is 1. The molecule has 2 aliphatic heterocycles. The molecular weight excluding hydrogens is 787 g/mol. The van der Waals surface area contributed by atoms with Gasteiger partial charge in [-0.25, -0.2) is 4.79 Å². The minimum atomic E-state index is -0.447. The average molecular weight is 842 g/mol. The molecule has 0 radical (unpaired) electrons. The van der Waals surface area contributed by atoms with Crippen LogP contribution >= 0.6 is 11.8 Å². The maximum absolute atomic E-state index is 13.7. The van der Waals surface area contributed by atoms with E-state index in [1.807, 2.05) is 6.92 Å². The van der Waals surface area contributed by atoms with Gasteiger partial charge in [-0.2, -0.15) is 0 Å². The molecule has 0 spiro atoms. The zero-order valence-electron chi connectivity index (χ0n) is 34.1. The minimum Gasteiger partial charge on any atom is -0.494 e. The highest BCUT2D eigenvalue weighted by Gasteiger charge is 2.47. The van der Waals surface area contributed by atoms with Gasteiger partial charge in [0.05, 0.1) is 42.3 Å². The Bertz CT molecular complexity index is 1920. The van der Waals surface area contributed by atoms with E-state index in [1.54, 1.807) is 48.2 Å². The van der Waals surface area contributed by atoms with Crippen LogP contribution < -0.4 is 14.8 Å². The van der Waals surface area contributed by atoms with Crippen LogP contribution in [0, 0.1) is 29.6 Å². The highest BCUT2D eigenvalue weighted by atomic mass is 32.2. The number of carbonyl (C=O) groups is 5. The third-order valence-electron chi connectivity index (χ3n) is 12.1. The highest BCUT2D eigenvalue weighted by Crippen LogP contribution is 2.45. The molecule has 1 N–H and O–H groups in total. The third-order valence-corrected chi connectivity index (χ3v) is 13.5. The molecule has 5 unspecified atom stereocenters. The SMILES string of the molecule is C=CC(=O)OCCCCCCOc1ccc(OC(=O)[C@H]2CC[C@H](C(=O)OC3=CC=C(OC(=O)[C@H]4CC[C@H](C=O)CC4)C4SC(C5=CC6C=CC(C)=CC6O5)NC34)CC2)cc1. The number of nitrogens with one attached hydrogen (secondary N) is 1. The lowest BCUT2D eigenvalue weighted by atomic mass is 9.82. The standard InChI is InChI=1S/C47H55NO11S/c1-3-41(50)55-25-7-5-4-6-24-54-35-18-20-36(21-19-35)56-45(51)32-14-16-33(17-15-32)46(52)58-37-22-23-38(59-47(53)31-12-9-30(28-49)10-13-31)43-42(37)48-44(60-43)40-27-34-11-8-29(2)26-39(34)57-40/h3,8,11,18-23,26-28,30-34,39,42-44,48H,1,4-7,9-10,12-17,24-25H2,2H3/t30-,31-,32-,33-,34?,39?,42?,43?,44?. The fourth-order valence-electron chi connectivity index (χ4n) is 8.51. The summed E-state index contributed by atoms with van der Waals surface area (Å²) in [6.45, 7) is 6.36. The molecule has 2 saturated carbocycles. The molecule has 13 heteroatoms. The highest BCUT2D eigenvalue weighted by molar-refractivity contribution is 8.01. The number of carbonyl (C=O) groups excluding carboxylic acids is 5. The number of rotatable bonds is 17. The van der Waals surface area contributed by atoms with E-state index in [-0.39, 0.29) is 64.2 Å². The van der Waals surface area contributed by atoms with Crippen molar-refractivity contribution in [3.05, 3.63) is 96.2 Å². The van der Waals surface area contributed by atoms with E-state index in [9.17, 15) is 24.0 Å². The summed E-state index contributed by atoms with van der Waals surface area (Å²) in [4.78, 5) is 62.5. The molecule has 0 amide bonds. The quantitative estimate of drug-likeness (QED) is 0.0407. The average Bonchev–Trinajstić information content (AvgIpc) is 3.91. The van der Waals surface area contributed by atoms with Crippen molar-refractivity contribution in [1.29, 1.82) is 0 Å². The maximum Gasteiger partial charge on any atom is 0.330 e. The Morgan fingerprint density at radius 1 is 0.783 bits per heavy atom. The van der Waals surface area contributed by atoms with E-state index in [4.69, 9.17) is 28.4 Å². The van der Waals surface area contributed by atoms with E-state index in [0.717, 1.165) is 49.4 Å². The molecule has 0 bridgehead atoms. The lowest BCUT2D eigenvalue weighted by molar-refractivity contribution is -0.149. The second kappa shape index (κ2) is 20.6. The predicted octanol–water partition coefficient (Wildman–Crippen LogP) is 7.75. The number of fused-ring (bicyclic) bond motifs is 2. The van der Waals surface area contributed by atoms with Crippen LogP contribution in [0.4, 0.5) is 0 Å². The van der Waals surface area contributed by atoms with Gasteiger partial charge in [0, 0.05) is 17.9 Å². The first kappa shape index (κ1) is 43.2. The molecule has 5 atom stereocenters. The molecule has 6 aliphatic rings. The molecule has 4 aliphatic carbocycles. The minimum absolute atomic E-state index is 0.00340. The van der Waals surface area contributed by atoms with Crippen LogP contribution in [0.2, 0.25) is 0 Å². The summed E-state index contributed by atoms with van der Waals surface area (Å²) >= 11 is 1.57. The zero-order valence-corrected chi connectivity index (χ0v) is 34.9. The molecule has 0 aromatic heterocycles. The molecule has 1 saturated heterocycles. The van der Waals surface area contributed by atoms with Gasteiger partial charge in [0.1, 0.15) is 46.5 Å². The number of benzene rings is 1. The second-order valence-electron chi connectivity index (χ2n) is 16.4. The Morgan fingerprint density at radius 2 is 1.38 bits per heavy atom. The normalized spacial score (nSPS) is 29.2. The Kier molecular flexibility index (Phi) is 14.8. The van der Waals surface area contributed by atoms with E-state index in [1.165, 1.54) is 0 Å². The number of esters is 4. The van der Waals surface area contributed by atoms with Gasteiger partial charge in [-0.15, -0.1) is 11.8 Å². The summed E-state index contributed by atoms with van der Waals surface area (Å²) in [6.07, 6.45) is 22.1. The lowest BCUT2D eigenvalue weighted by Crippen LogP contribution is -2.41. The zero-order chi connectivity index (χ0) is 42.0. The van der Waals surface area contributed by atoms with Gasteiger partial charge in [0.2, 0.25) is 0 Å². The van der Waals surface area contributed by atoms with Gasteiger partial charge in [-0.1, -0.05) is 24.3 Å². The van der Waals surface area contributed by atoms with Gasteiger partial charge in [-0.05, 0) is 133 Å². The summed E-state index contributed by atoms with van der Waals surface area (Å²) in [5.74, 6) is 0.665. The molecule has 7 rings (SSSR count). The van der Waals surface area contributed by atoms with Gasteiger partial charge in [-0.3, -0.25) is 19.7 Å². The number of thioether (sulfide) groups is 1. The van der Waals surface area contributed by atoms with Crippen LogP contribution in [-0.4, -0.2) is 66.1 Å². The van der Waals surface area contributed by atoms with Crippen LogP contribution in [0.25, 0.3) is 0 Å². The Hall–Kier alpha value is -4.88. The Labute approximate surface area is 355 Å². The van der Waals surface area contributed by atoms with E-state index >= 15 is 0 Å². The van der Waals surface area contributed by atoms with Crippen molar-refractivity contribution in [2.45, 2.75) is 107 Å². The summed E-state index contributed by atoms with van der Waals surface area (Å²) < 4.78 is 35.1. The summed E-state index contributed by atoms with van der Waals surface area (Å²) in [7, 11) is 0. The number of unbranched alkanes of at least 4 members (excludes halogenated alkanes) is 3. The van der Waals surface area contributed by atoms with Gasteiger partial charge in [0.25, 0.3) is 0 Å². The second-order valence-corrected chi connectivity index (χ2v) is 17.6. The number of allylic oxidation sites excluding steroid dienone is 4. The van der Waals surface area contributed by atoms with Gasteiger partial charge < -0.3 is 33.2 Å². The van der Waals surface area contributed by atoms with Crippen molar-refractivity contribution < 1.29 is 52.4 Å². The molecule has 320 valence electrons. The fourth-order valence-corrected chi connectivity index (χ4v) is 9.93. The Morgan fingerprint density at radius 3 is 2.05 bits per heavy atom. The van der Waals surface area contributed by atoms with Crippen molar-refractivity contribution in [1.82, 2.24) is 5.32 Å². The smallest absolute Gasteiger partial charge is 0.330 e. The van der Waals surface area contributed by atoms with Crippen molar-refractivity contribution in [3.63, 3.8) is 0 Å². The molecule has 12 nitrogen and oxygen atoms in total. The fraction of sp³-hybridized carbons (Fsp3) is 0.511. The molecular formula is C47H55NO11S. The molecule has 1 aromatic rings. The number of ether oxygens (including phenoxy) is 6. The number of hydrogen-bond donors (Lipinski definition) is 1. The van der Waals surface area contributed by atoms with Crippen LogP contribution in [0.3, 0.4) is 0 Å². The van der Waals surface area contributed by atoms with E-state index in [2.05, 4.69) is 36.2 Å². The van der Waals surface area contributed by atoms with Crippen molar-refractivity contribution in [3.8, 4) is 11.5 Å². The van der Waals surface area contributed by atoms with Crippen LogP contribution in [-0.2, 0) is 42.9 Å². The topological polar surface area (TPSA) is 153 Å². The predicted molar refractivity (Wildman–Crippen MR) is 224 cm³/mol. The van der Waals surface area contributed by atoms with Crippen LogP contribution in [0.1, 0.15) is 84.0 Å². The first-order valence-electron chi connectivity index (χ1n) is 21.4. The largest absolute Gasteiger partial charge is 0.494 e.